The second-order valence-electron chi connectivity index (χ2n) is 7.92. The number of carbonyl (C=O) groups is 3. The first-order valence-corrected chi connectivity index (χ1v) is 10.1. The van der Waals surface area contributed by atoms with E-state index in [1.807, 2.05) is 35.2 Å². The molecule has 3 aliphatic heterocycles. The minimum absolute atomic E-state index is 0.116. The summed E-state index contributed by atoms with van der Waals surface area (Å²) in [5.41, 5.74) is 2.03. The Morgan fingerprint density at radius 1 is 1.03 bits per heavy atom. The number of rotatable bonds is 4. The third kappa shape index (κ3) is 2.64. The molecule has 3 heterocycles. The molecular formula is C23H19N3O5. The van der Waals surface area contributed by atoms with Crippen LogP contribution in [0.1, 0.15) is 34.5 Å². The number of non-ortho nitro benzene ring substituents is 1. The first-order chi connectivity index (χ1) is 14.9. The van der Waals surface area contributed by atoms with E-state index in [0.717, 1.165) is 11.1 Å². The zero-order chi connectivity index (χ0) is 21.9. The van der Waals surface area contributed by atoms with E-state index in [2.05, 4.69) is 0 Å². The molecule has 3 aliphatic rings. The van der Waals surface area contributed by atoms with E-state index >= 15 is 0 Å². The first kappa shape index (κ1) is 19.2. The number of hydrogen-bond donors (Lipinski definition) is 0. The zero-order valence-corrected chi connectivity index (χ0v) is 16.7. The van der Waals surface area contributed by atoms with Gasteiger partial charge in [0.15, 0.2) is 5.78 Å². The van der Waals surface area contributed by atoms with Crippen molar-refractivity contribution < 1.29 is 19.3 Å². The van der Waals surface area contributed by atoms with Gasteiger partial charge in [0.25, 0.3) is 5.69 Å². The van der Waals surface area contributed by atoms with E-state index in [0.29, 0.717) is 0 Å². The van der Waals surface area contributed by atoms with Crippen LogP contribution < -0.4 is 0 Å². The van der Waals surface area contributed by atoms with Crippen molar-refractivity contribution in [2.24, 2.45) is 11.8 Å². The van der Waals surface area contributed by atoms with Crippen LogP contribution in [0.3, 0.4) is 0 Å². The van der Waals surface area contributed by atoms with Gasteiger partial charge in [0, 0.05) is 30.4 Å². The summed E-state index contributed by atoms with van der Waals surface area (Å²) in [7, 11) is 0. The second-order valence-corrected chi connectivity index (χ2v) is 7.92. The number of hydrogen-bond acceptors (Lipinski definition) is 6. The van der Waals surface area contributed by atoms with E-state index < -0.39 is 28.8 Å². The third-order valence-electron chi connectivity index (χ3n) is 6.50. The molecule has 2 fully saturated rings. The van der Waals surface area contributed by atoms with E-state index in [4.69, 9.17) is 0 Å². The van der Waals surface area contributed by atoms with Crippen LogP contribution in [0, 0.1) is 22.0 Å². The van der Waals surface area contributed by atoms with Crippen LogP contribution in [0.15, 0.2) is 54.7 Å². The summed E-state index contributed by atoms with van der Waals surface area (Å²) in [6.07, 6.45) is 3.67. The molecule has 31 heavy (non-hydrogen) atoms. The van der Waals surface area contributed by atoms with Gasteiger partial charge in [0.1, 0.15) is 6.04 Å². The lowest BCUT2D eigenvalue weighted by molar-refractivity contribution is -0.384. The lowest BCUT2D eigenvalue weighted by Crippen LogP contribution is -2.44. The monoisotopic (exact) mass is 417 g/mol. The zero-order valence-electron chi connectivity index (χ0n) is 16.7. The smallest absolute Gasteiger partial charge is 0.269 e. The number of nitro benzene ring substituents is 1. The topological polar surface area (TPSA) is 101 Å². The Bertz CT molecular complexity index is 1160. The Morgan fingerprint density at radius 3 is 2.39 bits per heavy atom. The predicted molar refractivity (Wildman–Crippen MR) is 111 cm³/mol. The van der Waals surface area contributed by atoms with Gasteiger partial charge in [-0.1, -0.05) is 24.3 Å². The highest BCUT2D eigenvalue weighted by molar-refractivity contribution is 6.12. The maximum atomic E-state index is 13.6. The van der Waals surface area contributed by atoms with Gasteiger partial charge in [-0.25, -0.2) is 0 Å². The Balaban J connectivity index is 1.61. The maximum Gasteiger partial charge on any atom is 0.269 e. The number of fused-ring (bicyclic) bond motifs is 5. The van der Waals surface area contributed by atoms with Crippen LogP contribution in [0.2, 0.25) is 0 Å². The van der Waals surface area contributed by atoms with Crippen molar-refractivity contribution in [2.45, 2.75) is 19.0 Å². The minimum atomic E-state index is -0.853. The van der Waals surface area contributed by atoms with Crippen molar-refractivity contribution >= 4 is 29.4 Å². The summed E-state index contributed by atoms with van der Waals surface area (Å²) in [5.74, 6) is -2.35. The van der Waals surface area contributed by atoms with Crippen molar-refractivity contribution in [3.05, 3.63) is 81.5 Å². The lowest BCUT2D eigenvalue weighted by Gasteiger charge is -2.35. The molecule has 5 rings (SSSR count). The molecule has 2 saturated heterocycles. The first-order valence-electron chi connectivity index (χ1n) is 10.1. The van der Waals surface area contributed by atoms with Gasteiger partial charge < -0.3 is 4.90 Å². The summed E-state index contributed by atoms with van der Waals surface area (Å²) in [6, 6.07) is 11.8. The number of benzene rings is 2. The molecule has 8 heteroatoms. The molecule has 2 aromatic carbocycles. The fourth-order valence-electron chi connectivity index (χ4n) is 5.15. The standard InChI is InChI=1S/C23H19N3O5/c1-2-24-22(28)17-18(23(24)29)20(21(27)14-7-9-15(10-8-14)26(30)31)25-12-11-13-5-3-4-6-16(13)19(17)25/h3-12,17-20H,2H2,1H3/t17-,18+,19-,20+/m1/s1. The van der Waals surface area contributed by atoms with Gasteiger partial charge in [0.2, 0.25) is 11.8 Å². The largest absolute Gasteiger partial charge is 0.358 e. The normalized spacial score (nSPS) is 26.0. The molecule has 2 aromatic rings. The van der Waals surface area contributed by atoms with E-state index in [9.17, 15) is 24.5 Å². The average Bonchev–Trinajstić information content (AvgIpc) is 3.25. The Morgan fingerprint density at radius 2 is 1.71 bits per heavy atom. The Hall–Kier alpha value is -3.81. The molecule has 0 spiro atoms. The second kappa shape index (κ2) is 6.87. The SMILES string of the molecule is CCN1C(=O)[C@@H]2[C@H](C1=O)[C@@H](C(=O)c1ccc([N+](=O)[O-])cc1)N1C=Cc3ccccc3[C@H]21. The van der Waals surface area contributed by atoms with E-state index in [1.54, 1.807) is 13.1 Å². The van der Waals surface area contributed by atoms with Crippen LogP contribution in [0.5, 0.6) is 0 Å². The summed E-state index contributed by atoms with van der Waals surface area (Å²) in [6.45, 7) is 2.00. The van der Waals surface area contributed by atoms with Crippen molar-refractivity contribution in [3.63, 3.8) is 0 Å². The number of amides is 2. The van der Waals surface area contributed by atoms with Crippen molar-refractivity contribution in [3.8, 4) is 0 Å². The molecule has 4 atom stereocenters. The minimum Gasteiger partial charge on any atom is -0.358 e. The number of imide groups is 1. The Kier molecular flexibility index (Phi) is 4.25. The van der Waals surface area contributed by atoms with Gasteiger partial charge >= 0.3 is 0 Å². The number of carbonyl (C=O) groups excluding carboxylic acids is 3. The van der Waals surface area contributed by atoms with Crippen LogP contribution >= 0.6 is 0 Å². The molecular weight excluding hydrogens is 398 g/mol. The highest BCUT2D eigenvalue weighted by Crippen LogP contribution is 2.53. The number of nitro groups is 1. The van der Waals surface area contributed by atoms with Gasteiger partial charge in [-0.2, -0.15) is 0 Å². The molecule has 0 bridgehead atoms. The summed E-state index contributed by atoms with van der Waals surface area (Å²) < 4.78 is 0. The van der Waals surface area contributed by atoms with Gasteiger partial charge in [-0.3, -0.25) is 29.4 Å². The summed E-state index contributed by atoms with van der Waals surface area (Å²) in [4.78, 5) is 53.4. The van der Waals surface area contributed by atoms with E-state index in [-0.39, 0.29) is 35.4 Å². The van der Waals surface area contributed by atoms with Crippen LogP contribution in [0.4, 0.5) is 5.69 Å². The lowest BCUT2D eigenvalue weighted by atomic mass is 9.83. The molecule has 2 amide bonds. The number of Topliss-reactive ketones (excluding diaryl/α,β-unsaturated/α-hetero) is 1. The molecule has 0 saturated carbocycles. The summed E-state index contributed by atoms with van der Waals surface area (Å²) >= 11 is 0. The quantitative estimate of drug-likeness (QED) is 0.328. The number of ketones is 1. The molecule has 0 unspecified atom stereocenters. The average molecular weight is 417 g/mol. The van der Waals surface area contributed by atoms with E-state index in [1.165, 1.54) is 29.2 Å². The van der Waals surface area contributed by atoms with Crippen molar-refractivity contribution in [1.29, 1.82) is 0 Å². The highest BCUT2D eigenvalue weighted by atomic mass is 16.6. The molecule has 156 valence electrons. The van der Waals surface area contributed by atoms with Gasteiger partial charge in [-0.05, 0) is 36.3 Å². The predicted octanol–water partition coefficient (Wildman–Crippen LogP) is 2.81. The van der Waals surface area contributed by atoms with Crippen molar-refractivity contribution in [1.82, 2.24) is 9.80 Å². The Labute approximate surface area is 177 Å². The molecule has 0 aromatic heterocycles. The summed E-state index contributed by atoms with van der Waals surface area (Å²) in [5, 5.41) is 11.0. The molecule has 0 radical (unpaired) electrons. The highest BCUT2D eigenvalue weighted by Gasteiger charge is 2.63. The molecule has 8 nitrogen and oxygen atoms in total. The fraction of sp³-hybridized carbons (Fsp3) is 0.261. The van der Waals surface area contributed by atoms with Gasteiger partial charge in [-0.15, -0.1) is 0 Å². The van der Waals surface area contributed by atoms with Gasteiger partial charge in [0.05, 0.1) is 22.8 Å². The van der Waals surface area contributed by atoms with Crippen molar-refractivity contribution in [2.75, 3.05) is 6.54 Å². The maximum absolute atomic E-state index is 13.6. The number of nitrogens with zero attached hydrogens (tertiary/aromatic N) is 3. The molecule has 0 N–H and O–H groups in total. The number of likely N-dealkylation sites (tertiary alicyclic amines) is 1. The fourth-order valence-corrected chi connectivity index (χ4v) is 5.15. The van der Waals surface area contributed by atoms with Crippen LogP contribution in [-0.4, -0.2) is 44.9 Å². The third-order valence-corrected chi connectivity index (χ3v) is 6.50. The van der Waals surface area contributed by atoms with Crippen LogP contribution in [-0.2, 0) is 9.59 Å². The van der Waals surface area contributed by atoms with Crippen LogP contribution in [0.25, 0.3) is 6.08 Å². The molecule has 0 aliphatic carbocycles.